The molecule has 1 unspecified atom stereocenters. The number of imidazole rings is 1. The highest BCUT2D eigenvalue weighted by atomic mass is 16.2. The van der Waals surface area contributed by atoms with E-state index in [0.29, 0.717) is 5.71 Å². The number of benzene rings is 2. The van der Waals surface area contributed by atoms with Gasteiger partial charge in [-0.1, -0.05) is 54.6 Å². The topological polar surface area (TPSA) is 76.3 Å². The number of rotatable bonds is 2. The van der Waals surface area contributed by atoms with Crippen molar-refractivity contribution in [3.8, 4) is 0 Å². The fourth-order valence-corrected chi connectivity index (χ4v) is 2.97. The average molecular weight is 344 g/mol. The molecular weight excluding hydrogens is 328 g/mol. The van der Waals surface area contributed by atoms with Crippen molar-refractivity contribution in [1.82, 2.24) is 14.9 Å². The van der Waals surface area contributed by atoms with Crippen LogP contribution in [0.15, 0.2) is 78.3 Å². The third kappa shape index (κ3) is 3.04. The van der Waals surface area contributed by atoms with Crippen LogP contribution in [0.25, 0.3) is 0 Å². The van der Waals surface area contributed by atoms with Crippen molar-refractivity contribution < 1.29 is 9.59 Å². The lowest BCUT2D eigenvalue weighted by Gasteiger charge is -2.13. The Balaban J connectivity index is 1.76. The number of hydrogen-bond donors (Lipinski definition) is 1. The molecule has 2 aromatic carbocycles. The molecule has 26 heavy (non-hydrogen) atoms. The Morgan fingerprint density at radius 2 is 1.85 bits per heavy atom. The number of carbonyl (C=O) groups is 2. The lowest BCUT2D eigenvalue weighted by Crippen LogP contribution is -2.42. The highest BCUT2D eigenvalue weighted by Crippen LogP contribution is 2.21. The quantitative estimate of drug-likeness (QED) is 0.776. The Labute approximate surface area is 150 Å². The van der Waals surface area contributed by atoms with Gasteiger partial charge in [-0.05, 0) is 5.56 Å². The van der Waals surface area contributed by atoms with Crippen LogP contribution in [0.4, 0.5) is 4.79 Å². The molecular formula is C20H16N4O2. The van der Waals surface area contributed by atoms with E-state index in [1.54, 1.807) is 0 Å². The number of nitrogens with one attached hydrogen (secondary N) is 1. The Morgan fingerprint density at radius 3 is 2.62 bits per heavy atom. The predicted molar refractivity (Wildman–Crippen MR) is 97.2 cm³/mol. The van der Waals surface area contributed by atoms with Crippen LogP contribution in [0, 0.1) is 0 Å². The molecule has 1 aliphatic rings. The number of aromatic nitrogens is 2. The van der Waals surface area contributed by atoms with E-state index in [1.165, 1.54) is 23.3 Å². The highest BCUT2D eigenvalue weighted by Gasteiger charge is 2.27. The van der Waals surface area contributed by atoms with E-state index in [0.717, 1.165) is 16.7 Å². The second kappa shape index (κ2) is 6.76. The van der Waals surface area contributed by atoms with Crippen LogP contribution in [-0.4, -0.2) is 33.2 Å². The summed E-state index contributed by atoms with van der Waals surface area (Å²) in [6, 6.07) is 16.9. The molecule has 0 saturated carbocycles. The van der Waals surface area contributed by atoms with Gasteiger partial charge in [-0.2, -0.15) is 0 Å². The molecule has 4 rings (SSSR count). The largest absolute Gasteiger partial charge is 0.328 e. The lowest BCUT2D eigenvalue weighted by atomic mass is 9.96. The van der Waals surface area contributed by atoms with Gasteiger partial charge in [-0.25, -0.2) is 9.78 Å². The molecule has 1 aliphatic heterocycles. The maximum atomic E-state index is 12.7. The predicted octanol–water partition coefficient (Wildman–Crippen LogP) is 2.43. The summed E-state index contributed by atoms with van der Waals surface area (Å²) in [4.78, 5) is 33.5. The van der Waals surface area contributed by atoms with Crippen LogP contribution in [-0.2, 0) is 11.2 Å². The first kappa shape index (κ1) is 16.0. The van der Waals surface area contributed by atoms with Gasteiger partial charge in [-0.3, -0.25) is 14.4 Å². The standard InChI is InChI=1S/C20H16N4O2/c25-17-12-15-8-4-5-9-16(15)18(14-6-2-1-3-7-14)22-19(17)23-20(26)24-11-10-21-13-24/h1-11,13,19H,12H2,(H,23,26). The molecule has 0 bridgehead atoms. The van der Waals surface area contributed by atoms with Gasteiger partial charge in [0.1, 0.15) is 6.33 Å². The van der Waals surface area contributed by atoms with E-state index in [2.05, 4.69) is 15.3 Å². The molecule has 6 nitrogen and oxygen atoms in total. The first-order valence-electron chi connectivity index (χ1n) is 8.25. The highest BCUT2D eigenvalue weighted by molar-refractivity contribution is 6.16. The summed E-state index contributed by atoms with van der Waals surface area (Å²) in [6.45, 7) is 0. The number of hydrogen-bond acceptors (Lipinski definition) is 4. The van der Waals surface area contributed by atoms with Crippen LogP contribution in [0.3, 0.4) is 0 Å². The molecule has 1 N–H and O–H groups in total. The van der Waals surface area contributed by atoms with Crippen molar-refractivity contribution in [2.45, 2.75) is 12.6 Å². The van der Waals surface area contributed by atoms with Crippen LogP contribution in [0.1, 0.15) is 16.7 Å². The van der Waals surface area contributed by atoms with Gasteiger partial charge in [0.2, 0.25) is 0 Å². The Hall–Kier alpha value is -3.54. The van der Waals surface area contributed by atoms with Gasteiger partial charge in [0, 0.05) is 29.9 Å². The number of aliphatic imine (C=N–C) groups is 1. The third-order valence-electron chi connectivity index (χ3n) is 4.25. The molecule has 128 valence electrons. The van der Waals surface area contributed by atoms with Crippen LogP contribution in [0.5, 0.6) is 0 Å². The van der Waals surface area contributed by atoms with Crippen LogP contribution in [0.2, 0.25) is 0 Å². The molecule has 1 atom stereocenters. The summed E-state index contributed by atoms with van der Waals surface area (Å²) in [5, 5.41) is 2.69. The third-order valence-corrected chi connectivity index (χ3v) is 4.25. The van der Waals surface area contributed by atoms with Gasteiger partial charge in [0.25, 0.3) is 0 Å². The minimum Gasteiger partial charge on any atom is -0.309 e. The molecule has 6 heteroatoms. The number of Topliss-reactive ketones (excluding diaryl/α,β-unsaturated/α-hetero) is 1. The van der Waals surface area contributed by atoms with E-state index in [-0.39, 0.29) is 12.2 Å². The van der Waals surface area contributed by atoms with Gasteiger partial charge in [-0.15, -0.1) is 0 Å². The number of ketones is 1. The monoisotopic (exact) mass is 344 g/mol. The van der Waals surface area contributed by atoms with Crippen LogP contribution >= 0.6 is 0 Å². The zero-order valence-corrected chi connectivity index (χ0v) is 13.9. The smallest absolute Gasteiger partial charge is 0.309 e. The molecule has 3 aromatic rings. The fraction of sp³-hybridized carbons (Fsp3) is 0.100. The van der Waals surface area contributed by atoms with Crippen molar-refractivity contribution in [3.63, 3.8) is 0 Å². The van der Waals surface area contributed by atoms with Gasteiger partial charge >= 0.3 is 6.03 Å². The summed E-state index contributed by atoms with van der Waals surface area (Å²) in [6.07, 6.45) is 3.67. The van der Waals surface area contributed by atoms with E-state index < -0.39 is 12.2 Å². The summed E-state index contributed by atoms with van der Waals surface area (Å²) in [5.41, 5.74) is 3.41. The number of fused-ring (bicyclic) bond motifs is 1. The molecule has 2 heterocycles. The summed E-state index contributed by atoms with van der Waals surface area (Å²) < 4.78 is 1.28. The van der Waals surface area contributed by atoms with Gasteiger partial charge in [0.05, 0.1) is 5.71 Å². The average Bonchev–Trinajstić information content (AvgIpc) is 3.17. The normalized spacial score (nSPS) is 16.4. The second-order valence-corrected chi connectivity index (χ2v) is 5.97. The van der Waals surface area contributed by atoms with E-state index in [9.17, 15) is 9.59 Å². The van der Waals surface area contributed by atoms with Crippen molar-refractivity contribution in [3.05, 3.63) is 90.0 Å². The van der Waals surface area contributed by atoms with Crippen molar-refractivity contribution in [2.75, 3.05) is 0 Å². The molecule has 0 radical (unpaired) electrons. The van der Waals surface area contributed by atoms with E-state index in [1.807, 2.05) is 54.6 Å². The van der Waals surface area contributed by atoms with E-state index >= 15 is 0 Å². The zero-order chi connectivity index (χ0) is 17.9. The summed E-state index contributed by atoms with van der Waals surface area (Å²) in [5.74, 6) is -0.156. The molecule has 0 saturated heterocycles. The molecule has 0 aliphatic carbocycles. The van der Waals surface area contributed by atoms with E-state index in [4.69, 9.17) is 0 Å². The van der Waals surface area contributed by atoms with Crippen molar-refractivity contribution in [2.24, 2.45) is 4.99 Å². The molecule has 0 fully saturated rings. The second-order valence-electron chi connectivity index (χ2n) is 5.97. The Kier molecular flexibility index (Phi) is 4.15. The van der Waals surface area contributed by atoms with Gasteiger partial charge in [0.15, 0.2) is 11.9 Å². The molecule has 0 spiro atoms. The first-order valence-corrected chi connectivity index (χ1v) is 8.25. The fourth-order valence-electron chi connectivity index (χ4n) is 2.97. The Morgan fingerprint density at radius 1 is 1.08 bits per heavy atom. The Bertz CT molecular complexity index is 978. The number of carbonyl (C=O) groups excluding carboxylic acids is 2. The summed E-state index contributed by atoms with van der Waals surface area (Å²) >= 11 is 0. The van der Waals surface area contributed by atoms with Crippen molar-refractivity contribution in [1.29, 1.82) is 0 Å². The van der Waals surface area contributed by atoms with Crippen molar-refractivity contribution >= 4 is 17.5 Å². The molecule has 1 aromatic heterocycles. The molecule has 1 amide bonds. The lowest BCUT2D eigenvalue weighted by molar-refractivity contribution is -0.119. The minimum absolute atomic E-state index is 0.156. The van der Waals surface area contributed by atoms with Gasteiger partial charge < -0.3 is 5.32 Å². The SMILES string of the molecule is O=C1Cc2ccccc2C(c2ccccc2)=NC1NC(=O)n1ccnc1. The maximum Gasteiger partial charge on any atom is 0.328 e. The first-order chi connectivity index (χ1) is 12.7. The zero-order valence-electron chi connectivity index (χ0n) is 13.9. The number of nitrogens with zero attached hydrogens (tertiary/aromatic N) is 3. The minimum atomic E-state index is -0.951. The van der Waals surface area contributed by atoms with Crippen LogP contribution < -0.4 is 5.32 Å². The maximum absolute atomic E-state index is 12.7. The number of amides is 1. The summed E-state index contributed by atoms with van der Waals surface area (Å²) in [7, 11) is 0.